The number of hydrogen-bond donors (Lipinski definition) is 0. The molecule has 0 radical (unpaired) electrons. The summed E-state index contributed by atoms with van der Waals surface area (Å²) >= 11 is 0. The average molecular weight is 206 g/mol. The summed E-state index contributed by atoms with van der Waals surface area (Å²) in [6, 6.07) is 0. The van der Waals surface area contributed by atoms with Crippen molar-refractivity contribution in [2.45, 2.75) is 0 Å². The summed E-state index contributed by atoms with van der Waals surface area (Å²) in [5.74, 6) is 0. The van der Waals surface area contributed by atoms with Crippen LogP contribution in [0.3, 0.4) is 0 Å². The van der Waals surface area contributed by atoms with Crippen LogP contribution >= 0.6 is 0 Å². The van der Waals surface area contributed by atoms with Crippen LogP contribution in [0, 0.1) is 0 Å². The minimum absolute atomic E-state index is 0. The van der Waals surface area contributed by atoms with E-state index in [1.54, 1.807) is 0 Å². The number of hydrogen-bond acceptors (Lipinski definition) is 0. The van der Waals surface area contributed by atoms with E-state index in [1.165, 1.54) is 0 Å². The molecule has 11 heteroatoms. The van der Waals surface area contributed by atoms with E-state index < -0.39 is 0 Å². The Morgan fingerprint density at radius 3 is 0.182 bits per heavy atom. The van der Waals surface area contributed by atoms with Crippen molar-refractivity contribution in [1.82, 2.24) is 0 Å². The van der Waals surface area contributed by atoms with Gasteiger partial charge in [0.15, 0.2) is 0 Å². The minimum Gasteiger partial charge on any atom is -0.412 e. The Kier molecular flexibility index (Phi) is 5610000. The zero-order chi connectivity index (χ0) is 0. The molecule has 0 aromatic rings. The SMILES string of the molecule is O.O.O.O.O.O.O.O.O.O.[MgH2]. The highest BCUT2D eigenvalue weighted by atomic mass is 24.3. The van der Waals surface area contributed by atoms with Crippen LogP contribution in [0.4, 0.5) is 0 Å². The summed E-state index contributed by atoms with van der Waals surface area (Å²) in [5, 5.41) is 0. The zero-order valence-electron chi connectivity index (χ0n) is 5.00. The predicted molar refractivity (Wildman–Crippen MR) is 44.7 cm³/mol. The predicted octanol–water partition coefficient (Wildman–Crippen LogP) is -9.16. The van der Waals surface area contributed by atoms with E-state index in [0.717, 1.165) is 0 Å². The first kappa shape index (κ1) is 9110. The molecule has 0 unspecified atom stereocenters. The Labute approximate surface area is 78.4 Å². The van der Waals surface area contributed by atoms with Crippen LogP contribution in [0.5, 0.6) is 0 Å². The van der Waals surface area contributed by atoms with Gasteiger partial charge in [0, 0.05) is 0 Å². The van der Waals surface area contributed by atoms with Gasteiger partial charge in [0.05, 0.1) is 0 Å². The monoisotopic (exact) mass is 206 g/mol. The van der Waals surface area contributed by atoms with Gasteiger partial charge in [0.25, 0.3) is 0 Å². The fraction of sp³-hybridized carbons (Fsp3) is 0. The van der Waals surface area contributed by atoms with E-state index in [0.29, 0.717) is 0 Å². The third-order valence-electron chi connectivity index (χ3n) is 0. The van der Waals surface area contributed by atoms with Crippen LogP contribution < -0.4 is 0 Å². The molecule has 0 aliphatic carbocycles. The van der Waals surface area contributed by atoms with Crippen molar-refractivity contribution in [2.75, 3.05) is 0 Å². The molecule has 0 rings (SSSR count). The maximum atomic E-state index is 0. The van der Waals surface area contributed by atoms with Crippen molar-refractivity contribution in [3.8, 4) is 0 Å². The molecule has 10 nitrogen and oxygen atoms in total. The third kappa shape index (κ3) is 5410. The van der Waals surface area contributed by atoms with Gasteiger partial charge in [-0.3, -0.25) is 0 Å². The van der Waals surface area contributed by atoms with Gasteiger partial charge in [0.1, 0.15) is 0 Å². The maximum Gasteiger partial charge on any atom is 0.316 e. The van der Waals surface area contributed by atoms with Crippen LogP contribution in [-0.4, -0.2) is 77.8 Å². The Hall–Kier alpha value is 0.366. The summed E-state index contributed by atoms with van der Waals surface area (Å²) in [6.45, 7) is 0. The molecule has 0 aliphatic rings. The molecule has 0 aromatic carbocycles. The van der Waals surface area contributed by atoms with Gasteiger partial charge in [-0.2, -0.15) is 0 Å². The van der Waals surface area contributed by atoms with Gasteiger partial charge in [0.2, 0.25) is 0 Å². The molecule has 0 spiro atoms. The Morgan fingerprint density at radius 1 is 0.182 bits per heavy atom. The van der Waals surface area contributed by atoms with E-state index in [4.69, 9.17) is 0 Å². The lowest BCUT2D eigenvalue weighted by Crippen LogP contribution is -0.381. The molecule has 0 saturated carbocycles. The molecular formula is H22MgO10. The second-order valence-corrected chi connectivity index (χ2v) is 0. The second-order valence-electron chi connectivity index (χ2n) is 0. The van der Waals surface area contributed by atoms with E-state index in [2.05, 4.69) is 0 Å². The van der Waals surface area contributed by atoms with Crippen molar-refractivity contribution in [3.63, 3.8) is 0 Å². The van der Waals surface area contributed by atoms with Crippen molar-refractivity contribution in [2.24, 2.45) is 0 Å². The topological polar surface area (TPSA) is 315 Å². The van der Waals surface area contributed by atoms with Crippen molar-refractivity contribution in [3.05, 3.63) is 0 Å². The van der Waals surface area contributed by atoms with Crippen molar-refractivity contribution < 1.29 is 54.8 Å². The molecular weight excluding hydrogens is 184 g/mol. The highest BCUT2D eigenvalue weighted by Gasteiger charge is 0.316. The van der Waals surface area contributed by atoms with Crippen LogP contribution in [0.1, 0.15) is 0 Å². The molecule has 0 aromatic heterocycles. The Bertz CT molecular complexity index is 4.83. The summed E-state index contributed by atoms with van der Waals surface area (Å²) in [4.78, 5) is 0. The van der Waals surface area contributed by atoms with E-state index in [9.17, 15) is 0 Å². The van der Waals surface area contributed by atoms with Crippen LogP contribution in [0.25, 0.3) is 0 Å². The molecule has 0 fully saturated rings. The first-order chi connectivity index (χ1) is 0. The summed E-state index contributed by atoms with van der Waals surface area (Å²) < 4.78 is 0. The van der Waals surface area contributed by atoms with Gasteiger partial charge >= 0.3 is 23.1 Å². The van der Waals surface area contributed by atoms with E-state index >= 15 is 0 Å². The summed E-state index contributed by atoms with van der Waals surface area (Å²) in [6.07, 6.45) is 0. The van der Waals surface area contributed by atoms with Gasteiger partial charge in [-0.1, -0.05) is 0 Å². The molecule has 0 saturated heterocycles. The third-order valence-corrected chi connectivity index (χ3v) is 0. The van der Waals surface area contributed by atoms with Crippen molar-refractivity contribution in [1.29, 1.82) is 0 Å². The highest BCUT2D eigenvalue weighted by molar-refractivity contribution is 5.75. The zero-order valence-corrected chi connectivity index (χ0v) is 5.00. The Balaban J connectivity index is 0. The summed E-state index contributed by atoms with van der Waals surface area (Å²) in [7, 11) is 0. The summed E-state index contributed by atoms with van der Waals surface area (Å²) in [5.41, 5.74) is 0. The Morgan fingerprint density at radius 2 is 0.182 bits per heavy atom. The highest BCUT2D eigenvalue weighted by Crippen LogP contribution is -0.280. The normalized spacial score (nSPS) is 0. The lowest BCUT2D eigenvalue weighted by Gasteiger charge is -0.413. The molecule has 20 N–H and O–H groups in total. The second kappa shape index (κ2) is 6780. The van der Waals surface area contributed by atoms with E-state index in [-0.39, 0.29) is 77.8 Å². The average Bonchev–Trinajstić information content (AvgIpc) is 0. The van der Waals surface area contributed by atoms with Gasteiger partial charge in [-0.25, -0.2) is 0 Å². The van der Waals surface area contributed by atoms with Crippen LogP contribution in [0.2, 0.25) is 0 Å². The minimum atomic E-state index is 0. The first-order valence-corrected chi connectivity index (χ1v) is 0. The molecule has 0 heterocycles. The molecule has 0 aliphatic heterocycles. The van der Waals surface area contributed by atoms with Gasteiger partial charge in [-0.15, -0.1) is 0 Å². The largest absolute Gasteiger partial charge is 0.412 e. The number of rotatable bonds is 0. The quantitative estimate of drug-likeness (QED) is 0.333. The fourth-order valence-electron chi connectivity index (χ4n) is 0. The van der Waals surface area contributed by atoms with E-state index in [1.807, 2.05) is 0 Å². The lowest BCUT2D eigenvalue weighted by molar-refractivity contribution is 0.823. The van der Waals surface area contributed by atoms with Gasteiger partial charge < -0.3 is 54.8 Å². The van der Waals surface area contributed by atoms with Gasteiger partial charge in [-0.05, 0) is 0 Å². The van der Waals surface area contributed by atoms with Crippen LogP contribution in [-0.2, 0) is 0 Å². The first-order valence-electron chi connectivity index (χ1n) is 0. The lowest BCUT2D eigenvalue weighted by atomic mass is 16.0. The maximum absolute atomic E-state index is 0. The molecule has 0 bridgehead atoms. The van der Waals surface area contributed by atoms with Crippen LogP contribution in [0.15, 0.2) is 0 Å². The molecule has 11 heavy (non-hydrogen) atoms. The standard InChI is InChI=1S/Mg.10H2O.2H/h;10*1H2;;. The fourth-order valence-corrected chi connectivity index (χ4v) is 0. The molecule has 84 valence electrons. The molecule has 0 atom stereocenters. The molecule has 0 amide bonds. The van der Waals surface area contributed by atoms with Crippen molar-refractivity contribution >= 4 is 23.1 Å². The smallest absolute Gasteiger partial charge is 0.316 e.